The highest BCUT2D eigenvalue weighted by atomic mass is 32.2. The second kappa shape index (κ2) is 10.8. The molecular weight excluding hydrogens is 514 g/mol. The first-order valence-electron chi connectivity index (χ1n) is 10.9. The molecule has 1 aromatic heterocycles. The fourth-order valence-corrected chi connectivity index (χ4v) is 5.13. The lowest BCUT2D eigenvalue weighted by atomic mass is 10.2. The molecule has 4 aromatic rings. The molecule has 0 saturated carbocycles. The number of hydrogen-bond donors (Lipinski definition) is 2. The third-order valence-corrected chi connectivity index (χ3v) is 7.75. The van der Waals surface area contributed by atoms with E-state index < -0.39 is 20.0 Å². The summed E-state index contributed by atoms with van der Waals surface area (Å²) in [7, 11) is -6.54. The average Bonchev–Trinajstić information content (AvgIpc) is 2.89. The van der Waals surface area contributed by atoms with Gasteiger partial charge < -0.3 is 10.1 Å². The Morgan fingerprint density at radius 2 is 1.43 bits per heavy atom. The molecule has 190 valence electrons. The van der Waals surface area contributed by atoms with Crippen LogP contribution >= 0.6 is 0 Å². The molecule has 10 nitrogen and oxygen atoms in total. The van der Waals surface area contributed by atoms with Gasteiger partial charge in [-0.1, -0.05) is 48.0 Å². The van der Waals surface area contributed by atoms with Crippen LogP contribution in [-0.4, -0.2) is 40.0 Å². The molecule has 1 heterocycles. The fourth-order valence-electron chi connectivity index (χ4n) is 3.16. The molecule has 12 heteroatoms. The fraction of sp³-hybridized carbons (Fsp3) is 0.0800. The van der Waals surface area contributed by atoms with Gasteiger partial charge in [0.1, 0.15) is 0 Å². The van der Waals surface area contributed by atoms with Crippen molar-refractivity contribution < 1.29 is 21.6 Å². The van der Waals surface area contributed by atoms with Crippen molar-refractivity contribution in [2.75, 3.05) is 17.1 Å². The molecule has 0 aliphatic heterocycles. The van der Waals surface area contributed by atoms with Gasteiger partial charge >= 0.3 is 0 Å². The van der Waals surface area contributed by atoms with Gasteiger partial charge in [0.25, 0.3) is 20.0 Å². The largest absolute Gasteiger partial charge is 0.480 e. The van der Waals surface area contributed by atoms with Crippen molar-refractivity contribution in [3.05, 3.63) is 102 Å². The summed E-state index contributed by atoms with van der Waals surface area (Å²) in [6.07, 6.45) is 0. The molecule has 0 saturated heterocycles. The Kier molecular flexibility index (Phi) is 7.50. The number of benzene rings is 3. The Morgan fingerprint density at radius 1 is 0.784 bits per heavy atom. The molecule has 0 fully saturated rings. The van der Waals surface area contributed by atoms with Crippen molar-refractivity contribution in [2.24, 2.45) is 4.40 Å². The smallest absolute Gasteiger partial charge is 0.284 e. The van der Waals surface area contributed by atoms with Crippen LogP contribution in [0.5, 0.6) is 5.88 Å². The van der Waals surface area contributed by atoms with E-state index in [1.54, 1.807) is 42.5 Å². The number of rotatable bonds is 8. The van der Waals surface area contributed by atoms with E-state index >= 15 is 0 Å². The van der Waals surface area contributed by atoms with E-state index in [4.69, 9.17) is 4.74 Å². The van der Waals surface area contributed by atoms with Crippen molar-refractivity contribution >= 4 is 37.4 Å². The van der Waals surface area contributed by atoms with Crippen LogP contribution in [0.3, 0.4) is 0 Å². The summed E-state index contributed by atoms with van der Waals surface area (Å²) in [6, 6.07) is 23.8. The summed E-state index contributed by atoms with van der Waals surface area (Å²) in [6.45, 7) is 1.86. The Morgan fingerprint density at radius 3 is 2.03 bits per heavy atom. The van der Waals surface area contributed by atoms with E-state index in [1.165, 1.54) is 55.6 Å². The number of ether oxygens (including phenoxy) is 1. The van der Waals surface area contributed by atoms with Crippen LogP contribution < -0.4 is 14.8 Å². The Balaban J connectivity index is 1.60. The molecule has 4 rings (SSSR count). The lowest BCUT2D eigenvalue weighted by Crippen LogP contribution is -2.17. The first kappa shape index (κ1) is 25.8. The number of methoxy groups -OCH3 is 1. The van der Waals surface area contributed by atoms with Crippen molar-refractivity contribution in [2.45, 2.75) is 16.7 Å². The van der Waals surface area contributed by atoms with E-state index in [-0.39, 0.29) is 27.3 Å². The summed E-state index contributed by atoms with van der Waals surface area (Å²) >= 11 is 0. The summed E-state index contributed by atoms with van der Waals surface area (Å²) in [4.78, 5) is 0.0311. The van der Waals surface area contributed by atoms with Gasteiger partial charge in [0, 0.05) is 17.3 Å². The van der Waals surface area contributed by atoms with Crippen LogP contribution in [0.2, 0.25) is 0 Å². The summed E-state index contributed by atoms with van der Waals surface area (Å²) in [5, 5.41) is 10.5. The molecule has 2 N–H and O–H groups in total. The van der Waals surface area contributed by atoms with Gasteiger partial charge in [-0.05, 0) is 49.4 Å². The highest BCUT2D eigenvalue weighted by Gasteiger charge is 2.18. The second-order valence-corrected chi connectivity index (χ2v) is 11.1. The van der Waals surface area contributed by atoms with Gasteiger partial charge in [-0.2, -0.15) is 8.42 Å². The molecular formula is C25H23N5O5S2. The minimum Gasteiger partial charge on any atom is -0.480 e. The van der Waals surface area contributed by atoms with E-state index in [1.807, 2.05) is 6.92 Å². The zero-order valence-electron chi connectivity index (χ0n) is 19.9. The topological polar surface area (TPSA) is 140 Å². The summed E-state index contributed by atoms with van der Waals surface area (Å²) in [5.74, 6) is 0.366. The maximum atomic E-state index is 13.0. The van der Waals surface area contributed by atoms with Gasteiger partial charge in [-0.3, -0.25) is 4.72 Å². The predicted molar refractivity (Wildman–Crippen MR) is 141 cm³/mol. The second-order valence-electron chi connectivity index (χ2n) is 7.81. The number of nitrogens with one attached hydrogen (secondary N) is 2. The normalized spacial score (nSPS) is 12.1. The third-order valence-electron chi connectivity index (χ3n) is 5.09. The quantitative estimate of drug-likeness (QED) is 0.255. The number of aromatic nitrogens is 2. The number of nitrogens with zero attached hydrogens (tertiary/aromatic N) is 3. The Hall–Kier alpha value is -4.29. The third kappa shape index (κ3) is 6.48. The van der Waals surface area contributed by atoms with Crippen LogP contribution in [0.1, 0.15) is 11.1 Å². The summed E-state index contributed by atoms with van der Waals surface area (Å²) in [5.41, 5.74) is 1.90. The Labute approximate surface area is 215 Å². The zero-order chi connectivity index (χ0) is 26.5. The Bertz CT molecular complexity index is 1610. The van der Waals surface area contributed by atoms with Gasteiger partial charge in [-0.25, -0.2) is 8.42 Å². The maximum Gasteiger partial charge on any atom is 0.284 e. The van der Waals surface area contributed by atoms with Gasteiger partial charge in [-0.15, -0.1) is 14.6 Å². The van der Waals surface area contributed by atoms with E-state index in [2.05, 4.69) is 24.6 Å². The molecule has 0 unspecified atom stereocenters. The minimum atomic E-state index is -4.02. The first-order valence-corrected chi connectivity index (χ1v) is 13.8. The zero-order valence-corrected chi connectivity index (χ0v) is 21.5. The van der Waals surface area contributed by atoms with Crippen molar-refractivity contribution in [3.63, 3.8) is 0 Å². The molecule has 37 heavy (non-hydrogen) atoms. The van der Waals surface area contributed by atoms with Crippen molar-refractivity contribution in [1.82, 2.24) is 10.2 Å². The van der Waals surface area contributed by atoms with Crippen molar-refractivity contribution in [3.8, 4) is 5.88 Å². The maximum absolute atomic E-state index is 13.0. The molecule has 0 bridgehead atoms. The van der Waals surface area contributed by atoms with Crippen LogP contribution in [0.25, 0.3) is 0 Å². The first-order chi connectivity index (χ1) is 17.7. The van der Waals surface area contributed by atoms with E-state index in [0.29, 0.717) is 11.3 Å². The number of sulfonamides is 2. The number of hydrogen-bond acceptors (Lipinski definition) is 7. The summed E-state index contributed by atoms with van der Waals surface area (Å²) < 4.78 is 62.8. The average molecular weight is 538 g/mol. The highest BCUT2D eigenvalue weighted by Crippen LogP contribution is 2.20. The number of aryl methyl sites for hydroxylation is 1. The molecule has 0 aliphatic rings. The molecule has 3 aromatic carbocycles. The SMILES string of the molecule is COc1ccc(NS(=O)(=O)c2ccc(N/C(=N/S(=O)(=O)c3ccc(C)cc3)c3ccccc3)cc2)nn1. The molecule has 0 radical (unpaired) electrons. The highest BCUT2D eigenvalue weighted by molar-refractivity contribution is 7.92. The number of anilines is 2. The van der Waals surface area contributed by atoms with Crippen LogP contribution in [0.15, 0.2) is 105 Å². The lowest BCUT2D eigenvalue weighted by Gasteiger charge is -2.12. The van der Waals surface area contributed by atoms with Gasteiger partial charge in [0.15, 0.2) is 11.7 Å². The minimum absolute atomic E-state index is 0.0267. The van der Waals surface area contributed by atoms with E-state index in [9.17, 15) is 16.8 Å². The van der Waals surface area contributed by atoms with Crippen LogP contribution in [0, 0.1) is 6.92 Å². The van der Waals surface area contributed by atoms with Crippen LogP contribution in [-0.2, 0) is 20.0 Å². The molecule has 0 atom stereocenters. The lowest BCUT2D eigenvalue weighted by molar-refractivity contribution is 0.392. The predicted octanol–water partition coefficient (Wildman–Crippen LogP) is 3.84. The standard InChI is InChI=1S/C25H23N5O5S2/c1-18-8-12-21(13-9-18)37(33,34)30-25(19-6-4-3-5-7-19)26-20-10-14-22(15-11-20)36(31,32)29-23-16-17-24(35-2)28-27-23/h3-17H,1-2H3,(H,26,30)(H,27,29). The van der Waals surface area contributed by atoms with E-state index in [0.717, 1.165) is 5.56 Å². The van der Waals surface area contributed by atoms with Gasteiger partial charge in [0.2, 0.25) is 5.88 Å². The molecule has 0 aliphatic carbocycles. The van der Waals surface area contributed by atoms with Crippen LogP contribution in [0.4, 0.5) is 11.5 Å². The molecule has 0 amide bonds. The van der Waals surface area contributed by atoms with Crippen molar-refractivity contribution in [1.29, 1.82) is 0 Å². The van der Waals surface area contributed by atoms with Gasteiger partial charge in [0.05, 0.1) is 16.9 Å². The monoisotopic (exact) mass is 537 g/mol. The number of amidine groups is 1. The molecule has 0 spiro atoms.